The summed E-state index contributed by atoms with van der Waals surface area (Å²) in [6, 6.07) is 13.6. The molecule has 0 saturated carbocycles. The normalized spacial score (nSPS) is 11.7. The first-order chi connectivity index (χ1) is 14.3. The minimum absolute atomic E-state index is 0.160. The summed E-state index contributed by atoms with van der Waals surface area (Å²) >= 11 is 2.62. The van der Waals surface area contributed by atoms with E-state index in [-0.39, 0.29) is 23.4 Å². The number of rotatable bonds is 7. The lowest BCUT2D eigenvalue weighted by Crippen LogP contribution is -2.25. The number of aryl methyl sites for hydroxylation is 2. The van der Waals surface area contributed by atoms with Gasteiger partial charge in [-0.25, -0.2) is 9.37 Å². The molecule has 1 aromatic heterocycles. The Bertz CT molecular complexity index is 1030. The van der Waals surface area contributed by atoms with E-state index in [1.54, 1.807) is 19.1 Å². The fraction of sp³-hybridized carbons (Fsp3) is 0.227. The highest BCUT2D eigenvalue weighted by molar-refractivity contribution is 8.01. The van der Waals surface area contributed by atoms with E-state index in [9.17, 15) is 14.0 Å². The number of halogens is 1. The molecule has 0 saturated heterocycles. The van der Waals surface area contributed by atoms with Gasteiger partial charge in [-0.3, -0.25) is 9.59 Å². The van der Waals surface area contributed by atoms with Crippen molar-refractivity contribution < 1.29 is 14.0 Å². The zero-order valence-corrected chi connectivity index (χ0v) is 18.5. The summed E-state index contributed by atoms with van der Waals surface area (Å²) in [6.45, 7) is 5.63. The van der Waals surface area contributed by atoms with Crippen LogP contribution >= 0.6 is 23.1 Å². The zero-order chi connectivity index (χ0) is 21.7. The topological polar surface area (TPSA) is 71.1 Å². The molecule has 2 N–H and O–H groups in total. The quantitative estimate of drug-likeness (QED) is 0.522. The lowest BCUT2D eigenvalue weighted by molar-refractivity contribution is -0.115. The number of nitrogens with one attached hydrogen (secondary N) is 2. The standard InChI is InChI=1S/C22H22FN3O2S2/c1-13-4-10-18(11-5-13)24-19(27)12-29-15(3)21(28)26-22-25-20(14(2)30-22)16-6-8-17(23)9-7-16/h4-11,15H,12H2,1-3H3,(H,24,27)(H,25,26,28). The molecule has 1 unspecified atom stereocenters. The number of carbonyl (C=O) groups is 2. The Morgan fingerprint density at radius 2 is 1.73 bits per heavy atom. The molecule has 2 amide bonds. The lowest BCUT2D eigenvalue weighted by atomic mass is 10.1. The van der Waals surface area contributed by atoms with Crippen molar-refractivity contribution in [2.75, 3.05) is 16.4 Å². The summed E-state index contributed by atoms with van der Waals surface area (Å²) in [5.74, 6) is -0.521. The maximum absolute atomic E-state index is 13.1. The summed E-state index contributed by atoms with van der Waals surface area (Å²) in [5, 5.41) is 5.68. The van der Waals surface area contributed by atoms with Crippen molar-refractivity contribution in [2.45, 2.75) is 26.0 Å². The minimum atomic E-state index is -0.424. The Hall–Kier alpha value is -2.71. The maximum atomic E-state index is 13.1. The van der Waals surface area contributed by atoms with Gasteiger partial charge in [0.1, 0.15) is 5.82 Å². The summed E-state index contributed by atoms with van der Waals surface area (Å²) in [4.78, 5) is 30.0. The first-order valence-electron chi connectivity index (χ1n) is 9.34. The van der Waals surface area contributed by atoms with Crippen molar-refractivity contribution in [2.24, 2.45) is 0 Å². The third-order valence-electron chi connectivity index (χ3n) is 4.31. The van der Waals surface area contributed by atoms with Crippen molar-refractivity contribution in [1.29, 1.82) is 0 Å². The zero-order valence-electron chi connectivity index (χ0n) is 16.9. The first-order valence-corrected chi connectivity index (χ1v) is 11.2. The summed E-state index contributed by atoms with van der Waals surface area (Å²) in [6.07, 6.45) is 0. The van der Waals surface area contributed by atoms with Gasteiger partial charge in [-0.15, -0.1) is 23.1 Å². The van der Waals surface area contributed by atoms with Crippen LogP contribution in [0.2, 0.25) is 0 Å². The van der Waals surface area contributed by atoms with Crippen molar-refractivity contribution >= 4 is 45.7 Å². The van der Waals surface area contributed by atoms with E-state index in [1.165, 1.54) is 35.2 Å². The van der Waals surface area contributed by atoms with Crippen LogP contribution in [0, 0.1) is 19.7 Å². The van der Waals surface area contributed by atoms with Gasteiger partial charge in [-0.05, 0) is 57.2 Å². The molecule has 0 aliphatic heterocycles. The van der Waals surface area contributed by atoms with Crippen molar-refractivity contribution in [3.8, 4) is 11.3 Å². The molecule has 0 fully saturated rings. The van der Waals surface area contributed by atoms with Gasteiger partial charge in [0.05, 0.1) is 16.7 Å². The summed E-state index contributed by atoms with van der Waals surface area (Å²) in [5.41, 5.74) is 3.36. The average Bonchev–Trinajstić information content (AvgIpc) is 3.08. The van der Waals surface area contributed by atoms with Crippen molar-refractivity contribution in [1.82, 2.24) is 4.98 Å². The second-order valence-electron chi connectivity index (χ2n) is 6.79. The van der Waals surface area contributed by atoms with Crippen LogP contribution in [0.3, 0.4) is 0 Å². The SMILES string of the molecule is Cc1ccc(NC(=O)CSC(C)C(=O)Nc2nc(-c3ccc(F)cc3)c(C)s2)cc1. The molecular formula is C22H22FN3O2S2. The molecule has 30 heavy (non-hydrogen) atoms. The molecule has 156 valence electrons. The second kappa shape index (κ2) is 9.86. The Morgan fingerprint density at radius 3 is 2.40 bits per heavy atom. The van der Waals surface area contributed by atoms with E-state index in [4.69, 9.17) is 0 Å². The number of thioether (sulfide) groups is 1. The fourth-order valence-corrected chi connectivity index (χ4v) is 4.17. The second-order valence-corrected chi connectivity index (χ2v) is 9.32. The highest BCUT2D eigenvalue weighted by Crippen LogP contribution is 2.30. The predicted molar refractivity (Wildman–Crippen MR) is 123 cm³/mol. The minimum Gasteiger partial charge on any atom is -0.325 e. The van der Waals surface area contributed by atoms with Gasteiger partial charge in [0.15, 0.2) is 5.13 Å². The average molecular weight is 444 g/mol. The summed E-state index contributed by atoms with van der Waals surface area (Å²) < 4.78 is 13.1. The van der Waals surface area contributed by atoms with Crippen LogP contribution in [0.1, 0.15) is 17.4 Å². The van der Waals surface area contributed by atoms with Crippen LogP contribution in [-0.4, -0.2) is 27.8 Å². The number of hydrogen-bond donors (Lipinski definition) is 2. The molecule has 1 heterocycles. The van der Waals surface area contributed by atoms with E-state index in [0.717, 1.165) is 21.7 Å². The van der Waals surface area contributed by atoms with Gasteiger partial charge in [0.2, 0.25) is 11.8 Å². The molecule has 0 bridgehead atoms. The molecule has 3 aromatic rings. The molecule has 0 radical (unpaired) electrons. The monoisotopic (exact) mass is 443 g/mol. The van der Waals surface area contributed by atoms with Gasteiger partial charge in [0.25, 0.3) is 0 Å². The molecule has 0 aliphatic carbocycles. The molecule has 3 rings (SSSR count). The number of carbonyl (C=O) groups excluding carboxylic acids is 2. The Morgan fingerprint density at radius 1 is 1.07 bits per heavy atom. The van der Waals surface area contributed by atoms with E-state index in [1.807, 2.05) is 38.1 Å². The number of nitrogens with zero attached hydrogens (tertiary/aromatic N) is 1. The number of thiazole rings is 1. The predicted octanol–water partition coefficient (Wildman–Crippen LogP) is 5.26. The van der Waals surface area contributed by atoms with Crippen LogP contribution in [0.5, 0.6) is 0 Å². The van der Waals surface area contributed by atoms with E-state index < -0.39 is 5.25 Å². The first kappa shape index (κ1) is 22.0. The van der Waals surface area contributed by atoms with E-state index in [2.05, 4.69) is 15.6 Å². The number of aromatic nitrogens is 1. The van der Waals surface area contributed by atoms with Gasteiger partial charge in [-0.1, -0.05) is 17.7 Å². The van der Waals surface area contributed by atoms with Crippen molar-refractivity contribution in [3.05, 3.63) is 64.8 Å². The van der Waals surface area contributed by atoms with Crippen LogP contribution < -0.4 is 10.6 Å². The van der Waals surface area contributed by atoms with Gasteiger partial charge in [0, 0.05) is 16.1 Å². The fourth-order valence-electron chi connectivity index (χ4n) is 2.64. The number of hydrogen-bond acceptors (Lipinski definition) is 5. The number of benzene rings is 2. The van der Waals surface area contributed by atoms with Gasteiger partial charge in [-0.2, -0.15) is 0 Å². The third kappa shape index (κ3) is 5.90. The Kier molecular flexibility index (Phi) is 7.23. The Labute approximate surface area is 183 Å². The van der Waals surface area contributed by atoms with Crippen LogP contribution in [-0.2, 0) is 9.59 Å². The number of amides is 2. The van der Waals surface area contributed by atoms with Crippen LogP contribution in [0.25, 0.3) is 11.3 Å². The molecule has 1 atom stereocenters. The molecule has 5 nitrogen and oxygen atoms in total. The van der Waals surface area contributed by atoms with Gasteiger partial charge >= 0.3 is 0 Å². The Balaban J connectivity index is 1.53. The highest BCUT2D eigenvalue weighted by Gasteiger charge is 2.18. The molecule has 8 heteroatoms. The van der Waals surface area contributed by atoms with Gasteiger partial charge < -0.3 is 10.6 Å². The van der Waals surface area contributed by atoms with Crippen LogP contribution in [0.4, 0.5) is 15.2 Å². The van der Waals surface area contributed by atoms with Crippen LogP contribution in [0.15, 0.2) is 48.5 Å². The largest absolute Gasteiger partial charge is 0.325 e. The highest BCUT2D eigenvalue weighted by atomic mass is 32.2. The molecule has 0 spiro atoms. The summed E-state index contributed by atoms with van der Waals surface area (Å²) in [7, 11) is 0. The third-order valence-corrected chi connectivity index (χ3v) is 6.34. The molecule has 2 aromatic carbocycles. The molecular weight excluding hydrogens is 421 g/mol. The van der Waals surface area contributed by atoms with Crippen molar-refractivity contribution in [3.63, 3.8) is 0 Å². The lowest BCUT2D eigenvalue weighted by Gasteiger charge is -2.11. The van der Waals surface area contributed by atoms with E-state index >= 15 is 0 Å². The molecule has 0 aliphatic rings. The smallest absolute Gasteiger partial charge is 0.239 e. The van der Waals surface area contributed by atoms with E-state index in [0.29, 0.717) is 10.8 Å². The number of anilines is 2. The maximum Gasteiger partial charge on any atom is 0.239 e.